The Bertz CT molecular complexity index is 1110. The molecule has 134 valence electrons. The summed E-state index contributed by atoms with van der Waals surface area (Å²) in [6.07, 6.45) is 2.83. The van der Waals surface area contributed by atoms with E-state index < -0.39 is 0 Å². The summed E-state index contributed by atoms with van der Waals surface area (Å²) >= 11 is 1.72. The van der Waals surface area contributed by atoms with E-state index in [-0.39, 0.29) is 6.10 Å². The lowest BCUT2D eigenvalue weighted by Gasteiger charge is -2.10. The molecule has 0 aliphatic rings. The summed E-state index contributed by atoms with van der Waals surface area (Å²) in [4.78, 5) is 17.9. The third-order valence-corrected chi connectivity index (χ3v) is 5.43. The zero-order valence-corrected chi connectivity index (χ0v) is 16.0. The van der Waals surface area contributed by atoms with Crippen LogP contribution in [0.2, 0.25) is 0 Å². The average Bonchev–Trinajstić information content (AvgIpc) is 3.17. The molecular weight excluding hydrogens is 354 g/mol. The summed E-state index contributed by atoms with van der Waals surface area (Å²) in [5.74, 6) is 0.877. The molecule has 0 atom stereocenters. The molecule has 0 aliphatic carbocycles. The molecule has 27 heavy (non-hydrogen) atoms. The van der Waals surface area contributed by atoms with Crippen LogP contribution in [-0.4, -0.2) is 17.4 Å². The fourth-order valence-corrected chi connectivity index (χ4v) is 4.13. The second kappa shape index (κ2) is 7.33. The Morgan fingerprint density at radius 2 is 1.85 bits per heavy atom. The minimum absolute atomic E-state index is 0.148. The second-order valence-electron chi connectivity index (χ2n) is 6.61. The highest BCUT2D eigenvalue weighted by atomic mass is 32.1. The van der Waals surface area contributed by atoms with Gasteiger partial charge in [-0.05, 0) is 67.9 Å². The van der Waals surface area contributed by atoms with Crippen LogP contribution in [0.3, 0.4) is 0 Å². The Hall–Kier alpha value is -2.98. The first kappa shape index (κ1) is 17.4. The van der Waals surface area contributed by atoms with Crippen molar-refractivity contribution in [3.8, 4) is 26.6 Å². The highest BCUT2D eigenvalue weighted by molar-refractivity contribution is 7.18. The van der Waals surface area contributed by atoms with E-state index in [0.29, 0.717) is 5.56 Å². The van der Waals surface area contributed by atoms with Crippen LogP contribution in [0.25, 0.3) is 31.8 Å². The first-order chi connectivity index (χ1) is 13.1. The Balaban J connectivity index is 1.75. The standard InChI is InChI=1S/C23H19NO2S/c1-15(2)26-18-5-3-4-17(13-18)22-8-9-23(27-22)19-10-11-24-21-7-6-16(14-25)12-20(19)21/h3-15H,1-2H3. The van der Waals surface area contributed by atoms with Crippen molar-refractivity contribution in [1.29, 1.82) is 0 Å². The number of thiophene rings is 1. The maximum absolute atomic E-state index is 11.2. The van der Waals surface area contributed by atoms with Gasteiger partial charge >= 0.3 is 0 Å². The van der Waals surface area contributed by atoms with Gasteiger partial charge in [0.05, 0.1) is 11.6 Å². The number of hydrogen-bond acceptors (Lipinski definition) is 4. The molecule has 3 nitrogen and oxygen atoms in total. The number of carbonyl (C=O) groups excluding carboxylic acids is 1. The number of aromatic nitrogens is 1. The van der Waals surface area contributed by atoms with Gasteiger partial charge in [-0.3, -0.25) is 9.78 Å². The SMILES string of the molecule is CC(C)Oc1cccc(-c2ccc(-c3ccnc4ccc(C=O)cc34)s2)c1. The molecule has 0 fully saturated rings. The topological polar surface area (TPSA) is 39.2 Å². The molecule has 4 rings (SSSR count). The van der Waals surface area contributed by atoms with Crippen LogP contribution in [0.15, 0.2) is 66.9 Å². The summed E-state index contributed by atoms with van der Waals surface area (Å²) in [5.41, 5.74) is 3.78. The summed E-state index contributed by atoms with van der Waals surface area (Å²) in [6.45, 7) is 4.05. The smallest absolute Gasteiger partial charge is 0.150 e. The van der Waals surface area contributed by atoms with Crippen molar-refractivity contribution in [3.05, 3.63) is 72.4 Å². The van der Waals surface area contributed by atoms with Crippen LogP contribution >= 0.6 is 11.3 Å². The molecule has 0 amide bonds. The van der Waals surface area contributed by atoms with Crippen LogP contribution in [0.5, 0.6) is 5.75 Å². The number of aldehydes is 1. The number of pyridine rings is 1. The number of fused-ring (bicyclic) bond motifs is 1. The van der Waals surface area contributed by atoms with E-state index in [4.69, 9.17) is 4.74 Å². The van der Waals surface area contributed by atoms with Gasteiger partial charge in [0.2, 0.25) is 0 Å². The van der Waals surface area contributed by atoms with Crippen LogP contribution in [0.1, 0.15) is 24.2 Å². The molecule has 0 radical (unpaired) electrons. The van der Waals surface area contributed by atoms with E-state index in [2.05, 4.69) is 29.2 Å². The van der Waals surface area contributed by atoms with Crippen molar-refractivity contribution in [2.75, 3.05) is 0 Å². The van der Waals surface area contributed by atoms with E-state index >= 15 is 0 Å². The largest absolute Gasteiger partial charge is 0.491 e. The molecule has 0 aliphatic heterocycles. The third kappa shape index (κ3) is 3.62. The first-order valence-corrected chi connectivity index (χ1v) is 9.67. The average molecular weight is 373 g/mol. The normalized spacial score (nSPS) is 11.1. The van der Waals surface area contributed by atoms with Gasteiger partial charge in [0, 0.05) is 32.5 Å². The molecule has 4 heteroatoms. The fourth-order valence-electron chi connectivity index (χ4n) is 3.08. The molecule has 2 aromatic carbocycles. The number of benzene rings is 2. The number of hydrogen-bond donors (Lipinski definition) is 0. The van der Waals surface area contributed by atoms with Gasteiger partial charge in [0.1, 0.15) is 12.0 Å². The van der Waals surface area contributed by atoms with Gasteiger partial charge in [0.25, 0.3) is 0 Å². The maximum Gasteiger partial charge on any atom is 0.150 e. The van der Waals surface area contributed by atoms with Crippen molar-refractivity contribution in [3.63, 3.8) is 0 Å². The second-order valence-corrected chi connectivity index (χ2v) is 7.70. The number of ether oxygens (including phenoxy) is 1. The molecule has 0 saturated heterocycles. The van der Waals surface area contributed by atoms with Crippen molar-refractivity contribution in [2.45, 2.75) is 20.0 Å². The Morgan fingerprint density at radius 3 is 2.67 bits per heavy atom. The van der Waals surface area contributed by atoms with Crippen molar-refractivity contribution >= 4 is 28.5 Å². The molecule has 0 saturated carbocycles. The summed E-state index contributed by atoms with van der Waals surface area (Å²) in [7, 11) is 0. The van der Waals surface area contributed by atoms with Crippen LogP contribution in [-0.2, 0) is 0 Å². The van der Waals surface area contributed by atoms with E-state index in [1.165, 1.54) is 4.88 Å². The number of rotatable bonds is 5. The summed E-state index contributed by atoms with van der Waals surface area (Å²) < 4.78 is 5.81. The quantitative estimate of drug-likeness (QED) is 0.389. The van der Waals surface area contributed by atoms with Crippen molar-refractivity contribution in [1.82, 2.24) is 4.98 Å². The van der Waals surface area contributed by atoms with Gasteiger partial charge in [0.15, 0.2) is 0 Å². The third-order valence-electron chi connectivity index (χ3n) is 4.26. The number of nitrogens with zero attached hydrogens (tertiary/aromatic N) is 1. The lowest BCUT2D eigenvalue weighted by atomic mass is 10.1. The van der Waals surface area contributed by atoms with Crippen molar-refractivity contribution < 1.29 is 9.53 Å². The molecule has 2 aromatic heterocycles. The van der Waals surface area contributed by atoms with Gasteiger partial charge in [-0.25, -0.2) is 0 Å². The molecule has 0 bridgehead atoms. The van der Waals surface area contributed by atoms with Crippen LogP contribution in [0, 0.1) is 0 Å². The van der Waals surface area contributed by atoms with E-state index in [9.17, 15) is 4.79 Å². The van der Waals surface area contributed by atoms with Gasteiger partial charge in [-0.15, -0.1) is 11.3 Å². The van der Waals surface area contributed by atoms with E-state index in [1.807, 2.05) is 50.4 Å². The monoisotopic (exact) mass is 373 g/mol. The first-order valence-electron chi connectivity index (χ1n) is 8.85. The predicted molar refractivity (Wildman–Crippen MR) is 112 cm³/mol. The maximum atomic E-state index is 11.2. The van der Waals surface area contributed by atoms with E-state index in [0.717, 1.165) is 38.9 Å². The minimum atomic E-state index is 0.148. The van der Waals surface area contributed by atoms with Gasteiger partial charge < -0.3 is 4.74 Å². The highest BCUT2D eigenvalue weighted by Gasteiger charge is 2.10. The zero-order chi connectivity index (χ0) is 18.8. The fraction of sp³-hybridized carbons (Fsp3) is 0.130. The molecule has 4 aromatic rings. The van der Waals surface area contributed by atoms with E-state index in [1.54, 1.807) is 17.4 Å². The van der Waals surface area contributed by atoms with Crippen LogP contribution in [0.4, 0.5) is 0 Å². The molecular formula is C23H19NO2S. The summed E-state index contributed by atoms with van der Waals surface area (Å²) in [6, 6.07) is 20.0. The summed E-state index contributed by atoms with van der Waals surface area (Å²) in [5, 5.41) is 0.993. The Kier molecular flexibility index (Phi) is 4.73. The Labute approximate surface area is 162 Å². The zero-order valence-electron chi connectivity index (χ0n) is 15.2. The highest BCUT2D eigenvalue weighted by Crippen LogP contribution is 2.38. The molecule has 0 N–H and O–H groups in total. The molecule has 0 unspecified atom stereocenters. The van der Waals surface area contributed by atoms with Crippen molar-refractivity contribution in [2.24, 2.45) is 0 Å². The predicted octanol–water partition coefficient (Wildman–Crippen LogP) is 6.23. The molecule has 0 spiro atoms. The van der Waals surface area contributed by atoms with Gasteiger partial charge in [-0.2, -0.15) is 0 Å². The van der Waals surface area contributed by atoms with Gasteiger partial charge in [-0.1, -0.05) is 12.1 Å². The minimum Gasteiger partial charge on any atom is -0.491 e. The van der Waals surface area contributed by atoms with Crippen LogP contribution < -0.4 is 4.74 Å². The molecule has 2 heterocycles. The Morgan fingerprint density at radius 1 is 1.00 bits per heavy atom. The number of carbonyl (C=O) groups is 1. The lowest BCUT2D eigenvalue weighted by Crippen LogP contribution is -2.05. The lowest BCUT2D eigenvalue weighted by molar-refractivity contribution is 0.112.